The van der Waals surface area contributed by atoms with Crippen LogP contribution in [0, 0.1) is 0 Å². The number of carbonyl (C=O) groups excluding carboxylic acids is 1. The molecule has 180 valence electrons. The predicted molar refractivity (Wildman–Crippen MR) is 120 cm³/mol. The van der Waals surface area contributed by atoms with Crippen molar-refractivity contribution in [2.75, 3.05) is 19.8 Å². The number of ether oxygens (including phenoxy) is 2. The van der Waals surface area contributed by atoms with Gasteiger partial charge in [0.05, 0.1) is 18.8 Å². The van der Waals surface area contributed by atoms with Crippen LogP contribution in [0.4, 0.5) is 13.6 Å². The van der Waals surface area contributed by atoms with Crippen LogP contribution in [0.3, 0.4) is 0 Å². The van der Waals surface area contributed by atoms with Crippen LogP contribution in [0.2, 0.25) is 0 Å². The van der Waals surface area contributed by atoms with Gasteiger partial charge >= 0.3 is 6.09 Å². The van der Waals surface area contributed by atoms with Crippen molar-refractivity contribution in [1.82, 2.24) is 15.1 Å². The number of nitrogens with zero attached hydrogens (tertiary/aromatic N) is 2. The van der Waals surface area contributed by atoms with E-state index in [1.165, 1.54) is 5.56 Å². The van der Waals surface area contributed by atoms with Gasteiger partial charge in [-0.2, -0.15) is 5.10 Å². The number of aromatic nitrogens is 2. The van der Waals surface area contributed by atoms with E-state index in [-0.39, 0.29) is 18.1 Å². The number of hydrogen-bond donors (Lipinski definition) is 1. The van der Waals surface area contributed by atoms with Gasteiger partial charge in [-0.05, 0) is 56.1 Å². The van der Waals surface area contributed by atoms with Gasteiger partial charge in [0.15, 0.2) is 6.61 Å². The molecule has 1 saturated carbocycles. The highest BCUT2D eigenvalue weighted by Gasteiger charge is 2.38. The molecule has 2 aliphatic rings. The van der Waals surface area contributed by atoms with Gasteiger partial charge in [0.2, 0.25) is 0 Å². The van der Waals surface area contributed by atoms with Crippen molar-refractivity contribution in [3.8, 4) is 0 Å². The summed E-state index contributed by atoms with van der Waals surface area (Å²) in [7, 11) is 0. The highest BCUT2D eigenvalue weighted by molar-refractivity contribution is 5.68. The van der Waals surface area contributed by atoms with Gasteiger partial charge in [-0.1, -0.05) is 30.3 Å². The number of hydrogen-bond acceptors (Lipinski definition) is 4. The molecule has 1 saturated heterocycles. The van der Waals surface area contributed by atoms with E-state index in [0.29, 0.717) is 19.1 Å². The SMILES string of the molecule is CC(F)(F)COC(=O)N1CCC[C@H](c2ccn[nH]2)[C@@H]1COC1CCC(c2ccccc2)CC1. The van der Waals surface area contributed by atoms with Crippen molar-refractivity contribution in [3.05, 3.63) is 53.9 Å². The topological polar surface area (TPSA) is 67.5 Å². The highest BCUT2D eigenvalue weighted by Crippen LogP contribution is 2.36. The van der Waals surface area contributed by atoms with Crippen LogP contribution in [-0.4, -0.2) is 59.0 Å². The van der Waals surface area contributed by atoms with Crippen LogP contribution in [0.15, 0.2) is 42.6 Å². The largest absolute Gasteiger partial charge is 0.443 e. The first-order valence-corrected chi connectivity index (χ1v) is 11.9. The fourth-order valence-corrected chi connectivity index (χ4v) is 5.12. The molecule has 0 bridgehead atoms. The molecule has 0 unspecified atom stereocenters. The van der Waals surface area contributed by atoms with Crippen LogP contribution in [0.1, 0.15) is 68.5 Å². The van der Waals surface area contributed by atoms with Crippen molar-refractivity contribution in [3.63, 3.8) is 0 Å². The number of rotatable bonds is 7. The van der Waals surface area contributed by atoms with Gasteiger partial charge in [0.25, 0.3) is 5.92 Å². The monoisotopic (exact) mass is 461 g/mol. The number of amides is 1. The second-order valence-electron chi connectivity index (χ2n) is 9.36. The highest BCUT2D eigenvalue weighted by atomic mass is 19.3. The summed E-state index contributed by atoms with van der Waals surface area (Å²) in [6.45, 7) is 0.639. The summed E-state index contributed by atoms with van der Waals surface area (Å²) in [5.41, 5.74) is 2.30. The summed E-state index contributed by atoms with van der Waals surface area (Å²) in [6.07, 6.45) is 6.81. The zero-order valence-corrected chi connectivity index (χ0v) is 19.1. The first-order chi connectivity index (χ1) is 15.9. The van der Waals surface area contributed by atoms with Crippen molar-refractivity contribution < 1.29 is 23.0 Å². The van der Waals surface area contributed by atoms with E-state index in [1.54, 1.807) is 11.1 Å². The Bertz CT molecular complexity index is 865. The van der Waals surface area contributed by atoms with Crippen LogP contribution < -0.4 is 0 Å². The van der Waals surface area contributed by atoms with Crippen molar-refractivity contribution in [1.29, 1.82) is 0 Å². The molecule has 1 N–H and O–H groups in total. The molecular weight excluding hydrogens is 428 g/mol. The normalized spacial score (nSPS) is 26.2. The Morgan fingerprint density at radius 3 is 2.58 bits per heavy atom. The van der Waals surface area contributed by atoms with Gasteiger partial charge in [0.1, 0.15) is 0 Å². The Morgan fingerprint density at radius 2 is 1.91 bits per heavy atom. The molecule has 1 aliphatic carbocycles. The van der Waals surface area contributed by atoms with Crippen LogP contribution in [0.25, 0.3) is 0 Å². The lowest BCUT2D eigenvalue weighted by Gasteiger charge is -2.41. The minimum absolute atomic E-state index is 0.00315. The van der Waals surface area contributed by atoms with E-state index >= 15 is 0 Å². The second-order valence-corrected chi connectivity index (χ2v) is 9.36. The predicted octanol–water partition coefficient (Wildman–Crippen LogP) is 5.49. The third kappa shape index (κ3) is 6.31. The molecule has 1 amide bonds. The third-order valence-electron chi connectivity index (χ3n) is 6.83. The van der Waals surface area contributed by atoms with Gasteiger partial charge in [-0.3, -0.25) is 5.10 Å². The Hall–Kier alpha value is -2.48. The molecule has 1 aromatic heterocycles. The molecule has 33 heavy (non-hydrogen) atoms. The summed E-state index contributed by atoms with van der Waals surface area (Å²) in [5.74, 6) is -2.50. The molecule has 2 fully saturated rings. The molecule has 6 nitrogen and oxygen atoms in total. The van der Waals surface area contributed by atoms with Gasteiger partial charge in [-0.25, -0.2) is 13.6 Å². The maximum absolute atomic E-state index is 13.3. The van der Waals surface area contributed by atoms with Gasteiger partial charge in [0, 0.05) is 31.3 Å². The maximum Gasteiger partial charge on any atom is 0.410 e. The Morgan fingerprint density at radius 1 is 1.15 bits per heavy atom. The molecule has 0 spiro atoms. The lowest BCUT2D eigenvalue weighted by molar-refractivity contribution is -0.0591. The second kappa shape index (κ2) is 10.6. The summed E-state index contributed by atoms with van der Waals surface area (Å²) in [6, 6.07) is 12.2. The number of benzene rings is 1. The number of alkyl halides is 2. The fraction of sp³-hybridized carbons (Fsp3) is 0.600. The number of H-pyrrole nitrogens is 1. The third-order valence-corrected chi connectivity index (χ3v) is 6.83. The average molecular weight is 462 g/mol. The van der Waals surface area contributed by atoms with E-state index in [9.17, 15) is 13.6 Å². The summed E-state index contributed by atoms with van der Waals surface area (Å²) >= 11 is 0. The Labute approximate surface area is 193 Å². The Balaban J connectivity index is 1.38. The molecule has 2 aromatic rings. The van der Waals surface area contributed by atoms with Crippen molar-refractivity contribution in [2.24, 2.45) is 0 Å². The summed E-state index contributed by atoms with van der Waals surface area (Å²) in [5, 5.41) is 7.07. The van der Waals surface area contributed by atoms with E-state index in [4.69, 9.17) is 9.47 Å². The molecule has 1 aliphatic heterocycles. The summed E-state index contributed by atoms with van der Waals surface area (Å²) < 4.78 is 37.8. The number of aromatic amines is 1. The smallest absolute Gasteiger partial charge is 0.410 e. The minimum Gasteiger partial charge on any atom is -0.443 e. The zero-order valence-electron chi connectivity index (χ0n) is 19.1. The Kier molecular flexibility index (Phi) is 7.63. The maximum atomic E-state index is 13.3. The number of nitrogens with one attached hydrogen (secondary N) is 1. The van der Waals surface area contributed by atoms with Crippen molar-refractivity contribution in [2.45, 2.75) is 75.4 Å². The fourth-order valence-electron chi connectivity index (χ4n) is 5.12. The van der Waals surface area contributed by atoms with Crippen LogP contribution in [-0.2, 0) is 9.47 Å². The molecule has 2 heterocycles. The van der Waals surface area contributed by atoms with Gasteiger partial charge in [-0.15, -0.1) is 0 Å². The average Bonchev–Trinajstić information content (AvgIpc) is 3.36. The lowest BCUT2D eigenvalue weighted by Crippen LogP contribution is -2.51. The van der Waals surface area contributed by atoms with Gasteiger partial charge < -0.3 is 14.4 Å². The number of piperidine rings is 1. The quantitative estimate of drug-likeness (QED) is 0.592. The molecule has 2 atom stereocenters. The van der Waals surface area contributed by atoms with Crippen LogP contribution >= 0.6 is 0 Å². The first-order valence-electron chi connectivity index (χ1n) is 11.9. The first kappa shape index (κ1) is 23.7. The summed E-state index contributed by atoms with van der Waals surface area (Å²) in [4.78, 5) is 14.3. The van der Waals surface area contributed by atoms with E-state index in [1.807, 2.05) is 12.1 Å². The lowest BCUT2D eigenvalue weighted by atomic mass is 9.82. The minimum atomic E-state index is -3.06. The number of likely N-dealkylation sites (tertiary alicyclic amines) is 1. The van der Waals surface area contributed by atoms with E-state index < -0.39 is 18.6 Å². The van der Waals surface area contributed by atoms with Crippen molar-refractivity contribution >= 4 is 6.09 Å². The zero-order chi connectivity index (χ0) is 23.3. The molecule has 0 radical (unpaired) electrons. The molecular formula is C25H33F2N3O3. The molecule has 4 rings (SSSR count). The molecule has 8 heteroatoms. The van der Waals surface area contributed by atoms with E-state index in [2.05, 4.69) is 34.5 Å². The number of halogens is 2. The van der Waals surface area contributed by atoms with Crippen LogP contribution in [0.5, 0.6) is 0 Å². The molecule has 1 aromatic carbocycles. The standard InChI is InChI=1S/C25H33F2N3O3/c1-25(26,27)17-33-24(31)30-15-5-8-21(22-13-14-28-29-22)23(30)16-32-20-11-9-19(10-12-20)18-6-3-2-4-7-18/h2-4,6-7,13-14,19-21,23H,5,8-12,15-17H2,1H3,(H,28,29)/t19?,20?,21-,23+/m1/s1. The number of carbonyl (C=O) groups is 1. The van der Waals surface area contributed by atoms with E-state index in [0.717, 1.165) is 51.1 Å².